The van der Waals surface area contributed by atoms with Crippen LogP contribution < -0.4 is 0 Å². The molecule has 0 N–H and O–H groups in total. The van der Waals surface area contributed by atoms with E-state index in [2.05, 4.69) is 22.1 Å². The number of hydrogen-bond acceptors (Lipinski definition) is 3. The molecule has 0 fully saturated rings. The Morgan fingerprint density at radius 2 is 2.09 bits per heavy atom. The van der Waals surface area contributed by atoms with Gasteiger partial charge in [0.05, 0.1) is 12.2 Å². The van der Waals surface area contributed by atoms with E-state index in [1.165, 1.54) is 0 Å². The number of benzene rings is 1. The highest BCUT2D eigenvalue weighted by molar-refractivity contribution is 5.25. The smallest absolute Gasteiger partial charge is 0.239 e. The van der Waals surface area contributed by atoms with Crippen LogP contribution in [0.2, 0.25) is 0 Å². The molecule has 0 saturated heterocycles. The summed E-state index contributed by atoms with van der Waals surface area (Å²) in [5.41, 5.74) is 2.15. The topological polar surface area (TPSA) is 48.5 Å². The molecule has 0 spiro atoms. The zero-order chi connectivity index (χ0) is 15.1. The highest BCUT2D eigenvalue weighted by Crippen LogP contribution is 2.39. The van der Waals surface area contributed by atoms with E-state index in [1.807, 2.05) is 36.5 Å². The summed E-state index contributed by atoms with van der Waals surface area (Å²) in [5.74, 6) is 0.815. The molecule has 1 aromatic carbocycles. The molecule has 22 heavy (non-hydrogen) atoms. The van der Waals surface area contributed by atoms with Crippen molar-refractivity contribution < 1.29 is 4.39 Å². The molecule has 6 heteroatoms. The van der Waals surface area contributed by atoms with Gasteiger partial charge in [-0.3, -0.25) is 0 Å². The quantitative estimate of drug-likeness (QED) is 0.746. The normalized spacial score (nSPS) is 20.3. The molecule has 0 radical (unpaired) electrons. The first kappa shape index (κ1) is 13.2. The third kappa shape index (κ3) is 2.03. The summed E-state index contributed by atoms with van der Waals surface area (Å²) in [6, 6.07) is 9.76. The van der Waals surface area contributed by atoms with E-state index in [0.29, 0.717) is 18.2 Å². The van der Waals surface area contributed by atoms with E-state index < -0.39 is 6.17 Å². The Bertz CT molecular complexity index is 792. The molecule has 5 nitrogen and oxygen atoms in total. The van der Waals surface area contributed by atoms with Crippen LogP contribution >= 0.6 is 0 Å². The molecule has 3 aromatic rings. The zero-order valence-electron chi connectivity index (χ0n) is 12.2. The lowest BCUT2D eigenvalue weighted by atomic mass is 10.0. The summed E-state index contributed by atoms with van der Waals surface area (Å²) >= 11 is 0. The van der Waals surface area contributed by atoms with Crippen LogP contribution in [0.3, 0.4) is 0 Å². The minimum atomic E-state index is -1.09. The number of halogens is 1. The number of rotatable bonds is 3. The van der Waals surface area contributed by atoms with Gasteiger partial charge in [0.2, 0.25) is 0 Å². The molecule has 2 aromatic heterocycles. The number of nitrogens with zero attached hydrogens (tertiary/aromatic N) is 5. The van der Waals surface area contributed by atoms with E-state index in [-0.39, 0.29) is 6.04 Å². The number of aromatic nitrogens is 5. The highest BCUT2D eigenvalue weighted by Gasteiger charge is 2.35. The van der Waals surface area contributed by atoms with Gasteiger partial charge in [0.25, 0.3) is 5.95 Å². The lowest BCUT2D eigenvalue weighted by molar-refractivity contribution is 0.328. The molecule has 112 valence electrons. The van der Waals surface area contributed by atoms with Gasteiger partial charge in [0.1, 0.15) is 0 Å². The second-order valence-corrected chi connectivity index (χ2v) is 5.49. The van der Waals surface area contributed by atoms with Gasteiger partial charge in [0.15, 0.2) is 12.0 Å². The van der Waals surface area contributed by atoms with Crippen molar-refractivity contribution in [1.29, 1.82) is 0 Å². The van der Waals surface area contributed by atoms with Gasteiger partial charge in [-0.05, 0) is 17.5 Å². The van der Waals surface area contributed by atoms with Gasteiger partial charge in [-0.2, -0.15) is 10.1 Å². The fraction of sp³-hybridized carbons (Fsp3) is 0.312. The van der Waals surface area contributed by atoms with Gasteiger partial charge >= 0.3 is 0 Å². The molecule has 1 aliphatic rings. The van der Waals surface area contributed by atoms with Gasteiger partial charge in [-0.25, -0.2) is 13.8 Å². The average Bonchev–Trinajstić information content (AvgIpc) is 3.24. The third-order valence-corrected chi connectivity index (χ3v) is 4.09. The first-order chi connectivity index (χ1) is 10.8. The second kappa shape index (κ2) is 5.05. The van der Waals surface area contributed by atoms with Crippen LogP contribution in [0.4, 0.5) is 4.39 Å². The maximum atomic E-state index is 14.3. The fourth-order valence-corrected chi connectivity index (χ4v) is 2.87. The predicted molar refractivity (Wildman–Crippen MR) is 79.6 cm³/mol. The molecule has 0 saturated carbocycles. The molecular weight excluding hydrogens is 281 g/mol. The maximum Gasteiger partial charge on any atom is 0.269 e. The average molecular weight is 297 g/mol. The molecule has 0 bridgehead atoms. The molecule has 1 aliphatic heterocycles. The van der Waals surface area contributed by atoms with Crippen molar-refractivity contribution in [2.24, 2.45) is 0 Å². The predicted octanol–water partition coefficient (Wildman–Crippen LogP) is 3.03. The molecular formula is C16H16FN5. The van der Waals surface area contributed by atoms with Gasteiger partial charge in [-0.1, -0.05) is 37.3 Å². The summed E-state index contributed by atoms with van der Waals surface area (Å²) in [7, 11) is 0. The SMILES string of the molecule is CCc1cnn(-c2nc3n(n2)C(c2ccccc2)CC3F)c1. The van der Waals surface area contributed by atoms with Crippen molar-refractivity contribution >= 4 is 0 Å². The summed E-state index contributed by atoms with van der Waals surface area (Å²) < 4.78 is 17.6. The van der Waals surface area contributed by atoms with Crippen LogP contribution in [0.1, 0.15) is 42.5 Å². The van der Waals surface area contributed by atoms with E-state index in [0.717, 1.165) is 17.5 Å². The monoisotopic (exact) mass is 297 g/mol. The maximum absolute atomic E-state index is 14.3. The summed E-state index contributed by atoms with van der Waals surface area (Å²) in [6.07, 6.45) is 3.86. The van der Waals surface area contributed by atoms with Crippen molar-refractivity contribution in [1.82, 2.24) is 24.5 Å². The molecule has 2 unspecified atom stereocenters. The Morgan fingerprint density at radius 1 is 1.27 bits per heavy atom. The minimum absolute atomic E-state index is 0.103. The van der Waals surface area contributed by atoms with Crippen molar-refractivity contribution in [3.63, 3.8) is 0 Å². The first-order valence-corrected chi connectivity index (χ1v) is 7.45. The Kier molecular flexibility index (Phi) is 3.03. The molecule has 0 aliphatic carbocycles. The van der Waals surface area contributed by atoms with E-state index >= 15 is 0 Å². The van der Waals surface area contributed by atoms with Gasteiger partial charge in [-0.15, -0.1) is 5.10 Å². The number of hydrogen-bond donors (Lipinski definition) is 0. The van der Waals surface area contributed by atoms with E-state index in [1.54, 1.807) is 15.6 Å². The lowest BCUT2D eigenvalue weighted by Crippen LogP contribution is -2.08. The van der Waals surface area contributed by atoms with E-state index in [4.69, 9.17) is 0 Å². The number of fused-ring (bicyclic) bond motifs is 1. The zero-order valence-corrected chi connectivity index (χ0v) is 12.2. The van der Waals surface area contributed by atoms with Gasteiger partial charge < -0.3 is 0 Å². The van der Waals surface area contributed by atoms with Crippen LogP contribution in [-0.4, -0.2) is 24.5 Å². The van der Waals surface area contributed by atoms with Crippen molar-refractivity contribution in [2.45, 2.75) is 32.0 Å². The van der Waals surface area contributed by atoms with Crippen LogP contribution in [0, 0.1) is 0 Å². The molecule has 4 rings (SSSR count). The van der Waals surface area contributed by atoms with Gasteiger partial charge in [0, 0.05) is 12.6 Å². The first-order valence-electron chi connectivity index (χ1n) is 7.45. The Balaban J connectivity index is 1.74. The Hall–Kier alpha value is -2.50. The number of alkyl halides is 1. The Labute approximate surface area is 127 Å². The van der Waals surface area contributed by atoms with Crippen LogP contribution in [-0.2, 0) is 6.42 Å². The summed E-state index contributed by atoms with van der Waals surface area (Å²) in [4.78, 5) is 4.34. The fourth-order valence-electron chi connectivity index (χ4n) is 2.87. The van der Waals surface area contributed by atoms with Crippen molar-refractivity contribution in [2.75, 3.05) is 0 Å². The second-order valence-electron chi connectivity index (χ2n) is 5.49. The largest absolute Gasteiger partial charge is 0.269 e. The van der Waals surface area contributed by atoms with Crippen LogP contribution in [0.25, 0.3) is 5.95 Å². The van der Waals surface area contributed by atoms with Crippen molar-refractivity contribution in [3.05, 3.63) is 59.7 Å². The standard InChI is InChI=1S/C16H16FN5/c1-2-11-9-18-21(10-11)16-19-15-13(17)8-14(22(15)20-16)12-6-4-3-5-7-12/h3-7,9-10,13-14H,2,8H2,1H3. The molecule has 2 atom stereocenters. The Morgan fingerprint density at radius 3 is 2.82 bits per heavy atom. The molecule has 3 heterocycles. The summed E-state index contributed by atoms with van der Waals surface area (Å²) in [6.45, 7) is 2.06. The minimum Gasteiger partial charge on any atom is -0.239 e. The number of aryl methyl sites for hydroxylation is 1. The third-order valence-electron chi connectivity index (χ3n) is 4.09. The lowest BCUT2D eigenvalue weighted by Gasteiger charge is -2.11. The van der Waals surface area contributed by atoms with Crippen molar-refractivity contribution in [3.8, 4) is 5.95 Å². The summed E-state index contributed by atoms with van der Waals surface area (Å²) in [5, 5.41) is 8.73. The highest BCUT2D eigenvalue weighted by atomic mass is 19.1. The molecule has 0 amide bonds. The van der Waals surface area contributed by atoms with Crippen LogP contribution in [0.5, 0.6) is 0 Å². The van der Waals surface area contributed by atoms with Crippen LogP contribution in [0.15, 0.2) is 42.7 Å². The van der Waals surface area contributed by atoms with E-state index in [9.17, 15) is 4.39 Å².